The summed E-state index contributed by atoms with van der Waals surface area (Å²) < 4.78 is 1.39. The first-order valence-corrected chi connectivity index (χ1v) is 7.01. The number of benzene rings is 1. The molecule has 3 heteroatoms. The summed E-state index contributed by atoms with van der Waals surface area (Å²) in [6.07, 6.45) is 0. The molecule has 0 spiro atoms. The van der Waals surface area contributed by atoms with Gasteiger partial charge in [0.1, 0.15) is 0 Å². The molecule has 0 aliphatic carbocycles. The van der Waals surface area contributed by atoms with Crippen molar-refractivity contribution in [2.45, 2.75) is 11.4 Å². The Bertz CT molecular complexity index is 361. The molecule has 1 aromatic rings. The second-order valence-electron chi connectivity index (χ2n) is 3.63. The molecule has 72 valence electrons. The standard InChI is InChI=1S/C11H12N2Se/c1-2-4-9(5-3-1)10-8-13-6-7-14-11(13)12-10/h1-5,10H,6-8H2/t10-/m0/s1. The van der Waals surface area contributed by atoms with Gasteiger partial charge in [-0.3, -0.25) is 0 Å². The van der Waals surface area contributed by atoms with Gasteiger partial charge in [-0.2, -0.15) is 0 Å². The molecule has 2 nitrogen and oxygen atoms in total. The third-order valence-corrected chi connectivity index (χ3v) is 4.82. The molecule has 3 rings (SSSR count). The molecule has 0 unspecified atom stereocenters. The Morgan fingerprint density at radius 3 is 2.93 bits per heavy atom. The van der Waals surface area contributed by atoms with Gasteiger partial charge in [-0.1, -0.05) is 0 Å². The SMILES string of the molecule is c1ccc([C@@H]2CN3CC[Se]C3=N2)cc1. The molecule has 0 N–H and O–H groups in total. The van der Waals surface area contributed by atoms with E-state index in [2.05, 4.69) is 35.2 Å². The van der Waals surface area contributed by atoms with Crippen LogP contribution in [0.25, 0.3) is 0 Å². The van der Waals surface area contributed by atoms with E-state index < -0.39 is 0 Å². The Hall–Kier alpha value is -0.791. The fourth-order valence-corrected chi connectivity index (χ4v) is 4.15. The van der Waals surface area contributed by atoms with Crippen LogP contribution in [0.3, 0.4) is 0 Å². The topological polar surface area (TPSA) is 15.6 Å². The maximum absolute atomic E-state index is 4.79. The molecule has 0 aromatic heterocycles. The molecule has 0 amide bonds. The molecule has 1 saturated heterocycles. The molecular formula is C11H12N2Se. The Morgan fingerprint density at radius 2 is 2.14 bits per heavy atom. The van der Waals surface area contributed by atoms with Crippen molar-refractivity contribution in [1.82, 2.24) is 4.90 Å². The first-order valence-electron chi connectivity index (χ1n) is 4.94. The molecule has 0 saturated carbocycles. The van der Waals surface area contributed by atoms with E-state index in [4.69, 9.17) is 4.99 Å². The molecule has 2 aliphatic rings. The third-order valence-electron chi connectivity index (χ3n) is 2.71. The van der Waals surface area contributed by atoms with Crippen molar-refractivity contribution < 1.29 is 0 Å². The summed E-state index contributed by atoms with van der Waals surface area (Å²) in [4.78, 5) is 7.25. The summed E-state index contributed by atoms with van der Waals surface area (Å²) in [5.74, 6) is 0. The van der Waals surface area contributed by atoms with Crippen LogP contribution in [-0.2, 0) is 0 Å². The van der Waals surface area contributed by atoms with Gasteiger partial charge >= 0.3 is 89.9 Å². The van der Waals surface area contributed by atoms with Crippen molar-refractivity contribution >= 4 is 19.7 Å². The van der Waals surface area contributed by atoms with Crippen molar-refractivity contribution in [1.29, 1.82) is 0 Å². The number of hydrogen-bond acceptors (Lipinski definition) is 2. The van der Waals surface area contributed by atoms with Crippen molar-refractivity contribution in [3.63, 3.8) is 0 Å². The predicted molar refractivity (Wildman–Crippen MR) is 58.8 cm³/mol. The van der Waals surface area contributed by atoms with Gasteiger partial charge in [0.05, 0.1) is 0 Å². The van der Waals surface area contributed by atoms with Crippen molar-refractivity contribution in [2.24, 2.45) is 4.99 Å². The van der Waals surface area contributed by atoms with Crippen molar-refractivity contribution in [2.75, 3.05) is 13.1 Å². The van der Waals surface area contributed by atoms with Gasteiger partial charge in [0.15, 0.2) is 0 Å². The zero-order valence-electron chi connectivity index (χ0n) is 7.89. The molecule has 0 radical (unpaired) electrons. The van der Waals surface area contributed by atoms with Crippen LogP contribution in [0, 0.1) is 0 Å². The van der Waals surface area contributed by atoms with Crippen LogP contribution in [0.1, 0.15) is 11.6 Å². The van der Waals surface area contributed by atoms with Gasteiger partial charge in [-0.05, 0) is 0 Å². The maximum atomic E-state index is 4.79. The third kappa shape index (κ3) is 1.37. The second kappa shape index (κ2) is 3.41. The van der Waals surface area contributed by atoms with Crippen LogP contribution in [0.5, 0.6) is 0 Å². The van der Waals surface area contributed by atoms with E-state index in [1.165, 1.54) is 22.2 Å². The Balaban J connectivity index is 1.87. The van der Waals surface area contributed by atoms with Gasteiger partial charge in [-0.25, -0.2) is 0 Å². The van der Waals surface area contributed by atoms with E-state index in [-0.39, 0.29) is 0 Å². The molecule has 14 heavy (non-hydrogen) atoms. The van der Waals surface area contributed by atoms with Gasteiger partial charge in [-0.15, -0.1) is 0 Å². The summed E-state index contributed by atoms with van der Waals surface area (Å²) in [7, 11) is 0. The Labute approximate surface area is 90.2 Å². The molecule has 1 aromatic carbocycles. The number of rotatable bonds is 1. The fourth-order valence-electron chi connectivity index (χ4n) is 1.96. The van der Waals surface area contributed by atoms with Crippen LogP contribution < -0.4 is 0 Å². The zero-order chi connectivity index (χ0) is 9.38. The average Bonchev–Trinajstić information content (AvgIpc) is 2.78. The molecular weight excluding hydrogens is 239 g/mol. The van der Waals surface area contributed by atoms with E-state index >= 15 is 0 Å². The molecule has 1 fully saturated rings. The Morgan fingerprint density at radius 1 is 1.29 bits per heavy atom. The monoisotopic (exact) mass is 252 g/mol. The van der Waals surface area contributed by atoms with E-state index in [0.717, 1.165) is 6.54 Å². The first-order chi connectivity index (χ1) is 6.93. The van der Waals surface area contributed by atoms with Crippen LogP contribution in [0.4, 0.5) is 0 Å². The summed E-state index contributed by atoms with van der Waals surface area (Å²) in [5.41, 5.74) is 1.37. The van der Waals surface area contributed by atoms with Gasteiger partial charge in [0.25, 0.3) is 0 Å². The van der Waals surface area contributed by atoms with E-state index in [1.807, 2.05) is 0 Å². The second-order valence-corrected chi connectivity index (χ2v) is 5.86. The summed E-state index contributed by atoms with van der Waals surface area (Å²) >= 11 is 0.656. The van der Waals surface area contributed by atoms with Crippen LogP contribution in [0.15, 0.2) is 35.3 Å². The molecule has 2 heterocycles. The van der Waals surface area contributed by atoms with Gasteiger partial charge in [0.2, 0.25) is 0 Å². The van der Waals surface area contributed by atoms with Crippen molar-refractivity contribution in [3.05, 3.63) is 35.9 Å². The molecule has 1 atom stereocenters. The first kappa shape index (κ1) is 8.51. The number of nitrogens with zero attached hydrogens (tertiary/aromatic N) is 2. The molecule has 0 bridgehead atoms. The summed E-state index contributed by atoms with van der Waals surface area (Å²) in [6.45, 7) is 2.35. The zero-order valence-corrected chi connectivity index (χ0v) is 9.60. The minimum absolute atomic E-state index is 0.411. The molecule has 2 aliphatic heterocycles. The van der Waals surface area contributed by atoms with Crippen molar-refractivity contribution in [3.8, 4) is 0 Å². The summed E-state index contributed by atoms with van der Waals surface area (Å²) in [6, 6.07) is 11.0. The number of amidine groups is 1. The number of hydrogen-bond donors (Lipinski definition) is 0. The quantitative estimate of drug-likeness (QED) is 0.691. The Kier molecular flexibility index (Phi) is 2.07. The van der Waals surface area contributed by atoms with E-state index in [1.54, 1.807) is 0 Å². The number of aliphatic imine (C=N–C) groups is 1. The van der Waals surface area contributed by atoms with Crippen LogP contribution in [0.2, 0.25) is 5.32 Å². The van der Waals surface area contributed by atoms with Gasteiger partial charge < -0.3 is 0 Å². The number of fused-ring (bicyclic) bond motifs is 1. The van der Waals surface area contributed by atoms with Crippen LogP contribution >= 0.6 is 0 Å². The minimum atomic E-state index is 0.411. The van der Waals surface area contributed by atoms with E-state index in [9.17, 15) is 0 Å². The predicted octanol–water partition coefficient (Wildman–Crippen LogP) is 1.54. The average molecular weight is 251 g/mol. The van der Waals surface area contributed by atoms with Crippen LogP contribution in [-0.4, -0.2) is 37.7 Å². The summed E-state index contributed by atoms with van der Waals surface area (Å²) in [5, 5.41) is 1.35. The normalized spacial score (nSPS) is 25.0. The van der Waals surface area contributed by atoms with Gasteiger partial charge in [0, 0.05) is 0 Å². The van der Waals surface area contributed by atoms with E-state index in [0.29, 0.717) is 21.0 Å². The fraction of sp³-hybridized carbons (Fsp3) is 0.364.